The molecule has 4 rings (SSSR count). The lowest BCUT2D eigenvalue weighted by Crippen LogP contribution is -2.45. The SMILES string of the molecule is CCn1nc(C)c(Br)c1C(=O)N1CCC2(CCN(C(=O)c3cc(OC)ccc3OC)CC2)C1. The first-order valence-corrected chi connectivity index (χ1v) is 12.1. The second-order valence-electron chi connectivity index (χ2n) is 8.90. The number of amides is 2. The monoisotopic (exact) mass is 518 g/mol. The maximum Gasteiger partial charge on any atom is 0.273 e. The number of halogens is 1. The molecule has 2 fully saturated rings. The van der Waals surface area contributed by atoms with Crippen molar-refractivity contribution in [3.8, 4) is 11.5 Å². The van der Waals surface area contributed by atoms with Gasteiger partial charge in [-0.15, -0.1) is 0 Å². The number of carbonyl (C=O) groups excluding carboxylic acids is 2. The minimum absolute atomic E-state index is 0.0285. The number of nitrogens with zero attached hydrogens (tertiary/aromatic N) is 4. The molecule has 0 bridgehead atoms. The molecule has 3 heterocycles. The second kappa shape index (κ2) is 9.37. The fourth-order valence-electron chi connectivity index (χ4n) is 4.99. The van der Waals surface area contributed by atoms with Crippen molar-refractivity contribution in [1.29, 1.82) is 0 Å². The van der Waals surface area contributed by atoms with Crippen LogP contribution in [0.4, 0.5) is 0 Å². The van der Waals surface area contributed by atoms with E-state index in [0.29, 0.717) is 42.4 Å². The Bertz CT molecular complexity index is 1060. The van der Waals surface area contributed by atoms with Crippen LogP contribution in [0.5, 0.6) is 11.5 Å². The fourth-order valence-corrected chi connectivity index (χ4v) is 5.45. The van der Waals surface area contributed by atoms with Gasteiger partial charge in [-0.3, -0.25) is 14.3 Å². The van der Waals surface area contributed by atoms with E-state index < -0.39 is 0 Å². The lowest BCUT2D eigenvalue weighted by Gasteiger charge is -2.39. The first-order chi connectivity index (χ1) is 15.8. The summed E-state index contributed by atoms with van der Waals surface area (Å²) in [6.45, 7) is 7.33. The van der Waals surface area contributed by atoms with Gasteiger partial charge in [0.2, 0.25) is 0 Å². The second-order valence-corrected chi connectivity index (χ2v) is 9.69. The minimum atomic E-state index is -0.0437. The van der Waals surface area contributed by atoms with E-state index >= 15 is 0 Å². The number of rotatable bonds is 5. The Morgan fingerprint density at radius 2 is 1.73 bits per heavy atom. The molecule has 0 unspecified atom stereocenters. The van der Waals surface area contributed by atoms with Gasteiger partial charge in [0, 0.05) is 32.7 Å². The van der Waals surface area contributed by atoms with Crippen molar-refractivity contribution in [3.05, 3.63) is 39.6 Å². The number of benzene rings is 1. The predicted molar refractivity (Wildman–Crippen MR) is 128 cm³/mol. The van der Waals surface area contributed by atoms with Crippen LogP contribution in [0.1, 0.15) is 52.7 Å². The molecule has 0 radical (unpaired) electrons. The van der Waals surface area contributed by atoms with Gasteiger partial charge in [0.15, 0.2) is 0 Å². The fraction of sp³-hybridized carbons (Fsp3) is 0.542. The van der Waals surface area contributed by atoms with Crippen molar-refractivity contribution >= 4 is 27.7 Å². The number of aromatic nitrogens is 2. The van der Waals surface area contributed by atoms with Gasteiger partial charge in [-0.05, 0) is 72.7 Å². The maximum atomic E-state index is 13.3. The molecule has 178 valence electrons. The van der Waals surface area contributed by atoms with Gasteiger partial charge in [-0.1, -0.05) is 0 Å². The average molecular weight is 519 g/mol. The molecule has 9 heteroatoms. The van der Waals surface area contributed by atoms with Crippen molar-refractivity contribution in [1.82, 2.24) is 19.6 Å². The van der Waals surface area contributed by atoms with Gasteiger partial charge in [-0.25, -0.2) is 0 Å². The lowest BCUT2D eigenvalue weighted by atomic mass is 9.77. The van der Waals surface area contributed by atoms with Gasteiger partial charge in [-0.2, -0.15) is 5.10 Å². The van der Waals surface area contributed by atoms with E-state index in [1.54, 1.807) is 37.1 Å². The van der Waals surface area contributed by atoms with Crippen LogP contribution in [-0.4, -0.2) is 71.8 Å². The third kappa shape index (κ3) is 4.35. The zero-order valence-electron chi connectivity index (χ0n) is 19.7. The van der Waals surface area contributed by atoms with Crippen LogP contribution in [0.3, 0.4) is 0 Å². The van der Waals surface area contributed by atoms with Crippen LogP contribution in [0, 0.1) is 12.3 Å². The van der Waals surface area contributed by atoms with E-state index in [1.807, 2.05) is 23.6 Å². The molecule has 1 aromatic heterocycles. The normalized spacial score (nSPS) is 17.5. The summed E-state index contributed by atoms with van der Waals surface area (Å²) in [7, 11) is 3.15. The molecule has 0 saturated carbocycles. The third-order valence-electron chi connectivity index (χ3n) is 7.03. The Morgan fingerprint density at radius 3 is 2.33 bits per heavy atom. The molecule has 2 aliphatic rings. The van der Waals surface area contributed by atoms with Crippen LogP contribution in [-0.2, 0) is 6.54 Å². The summed E-state index contributed by atoms with van der Waals surface area (Å²) in [5.41, 5.74) is 2.03. The number of piperidine rings is 1. The van der Waals surface area contributed by atoms with Gasteiger partial charge in [0.05, 0.1) is 29.9 Å². The first-order valence-electron chi connectivity index (χ1n) is 11.4. The molecule has 2 amide bonds. The Balaban J connectivity index is 1.43. The highest BCUT2D eigenvalue weighted by molar-refractivity contribution is 9.10. The summed E-state index contributed by atoms with van der Waals surface area (Å²) in [5, 5.41) is 4.47. The number of hydrogen-bond acceptors (Lipinski definition) is 5. The van der Waals surface area contributed by atoms with Crippen molar-refractivity contribution in [3.63, 3.8) is 0 Å². The third-order valence-corrected chi connectivity index (χ3v) is 7.98. The van der Waals surface area contributed by atoms with Crippen molar-refractivity contribution < 1.29 is 19.1 Å². The highest BCUT2D eigenvalue weighted by Gasteiger charge is 2.44. The smallest absolute Gasteiger partial charge is 0.273 e. The topological polar surface area (TPSA) is 76.9 Å². The summed E-state index contributed by atoms with van der Waals surface area (Å²) >= 11 is 3.55. The van der Waals surface area contributed by atoms with Crippen LogP contribution < -0.4 is 9.47 Å². The largest absolute Gasteiger partial charge is 0.497 e. The molecule has 2 aliphatic heterocycles. The molecule has 2 saturated heterocycles. The number of carbonyl (C=O) groups is 2. The molecule has 1 aromatic carbocycles. The highest BCUT2D eigenvalue weighted by atomic mass is 79.9. The molecular weight excluding hydrogens is 488 g/mol. The van der Waals surface area contributed by atoms with E-state index in [-0.39, 0.29) is 17.2 Å². The molecule has 33 heavy (non-hydrogen) atoms. The summed E-state index contributed by atoms with van der Waals surface area (Å²) in [5.74, 6) is 1.16. The summed E-state index contributed by atoms with van der Waals surface area (Å²) in [6.07, 6.45) is 2.71. The van der Waals surface area contributed by atoms with Crippen molar-refractivity contribution in [2.24, 2.45) is 5.41 Å². The molecule has 0 aliphatic carbocycles. The summed E-state index contributed by atoms with van der Waals surface area (Å²) in [6, 6.07) is 5.28. The standard InChI is InChI=1S/C24H31BrN4O4/c1-5-29-21(20(25)16(2)26-29)23(31)28-13-10-24(15-28)8-11-27(12-9-24)22(30)18-14-17(32-3)6-7-19(18)33-4/h6-7,14H,5,8-13,15H2,1-4H3. The number of ether oxygens (including phenoxy) is 2. The molecule has 2 aromatic rings. The predicted octanol–water partition coefficient (Wildman–Crippen LogP) is 3.76. The Hall–Kier alpha value is -2.55. The number of methoxy groups -OCH3 is 2. The highest BCUT2D eigenvalue weighted by Crippen LogP contribution is 2.42. The van der Waals surface area contributed by atoms with Crippen LogP contribution in [0.25, 0.3) is 0 Å². The van der Waals surface area contributed by atoms with Crippen molar-refractivity contribution in [2.75, 3.05) is 40.4 Å². The van der Waals surface area contributed by atoms with Crippen LogP contribution in [0.2, 0.25) is 0 Å². The Labute approximate surface area is 202 Å². The van der Waals surface area contributed by atoms with E-state index in [0.717, 1.165) is 42.5 Å². The number of aryl methyl sites for hydroxylation is 2. The van der Waals surface area contributed by atoms with E-state index in [2.05, 4.69) is 21.0 Å². The van der Waals surface area contributed by atoms with Crippen LogP contribution >= 0.6 is 15.9 Å². The van der Waals surface area contributed by atoms with Gasteiger partial charge in [0.25, 0.3) is 11.8 Å². The van der Waals surface area contributed by atoms with E-state index in [9.17, 15) is 9.59 Å². The van der Waals surface area contributed by atoms with E-state index in [4.69, 9.17) is 9.47 Å². The quantitative estimate of drug-likeness (QED) is 0.602. The molecular formula is C24H31BrN4O4. The summed E-state index contributed by atoms with van der Waals surface area (Å²) in [4.78, 5) is 30.4. The molecule has 1 spiro atoms. The number of hydrogen-bond donors (Lipinski definition) is 0. The van der Waals surface area contributed by atoms with Crippen molar-refractivity contribution in [2.45, 2.75) is 39.7 Å². The summed E-state index contributed by atoms with van der Waals surface area (Å²) < 4.78 is 13.3. The maximum absolute atomic E-state index is 13.3. The zero-order chi connectivity index (χ0) is 23.8. The van der Waals surface area contributed by atoms with Crippen LogP contribution in [0.15, 0.2) is 22.7 Å². The first kappa shape index (κ1) is 23.6. The Kier molecular flexibility index (Phi) is 6.70. The molecule has 0 N–H and O–H groups in total. The number of likely N-dealkylation sites (tertiary alicyclic amines) is 2. The van der Waals surface area contributed by atoms with Gasteiger partial charge in [0.1, 0.15) is 17.2 Å². The van der Waals surface area contributed by atoms with Gasteiger partial charge >= 0.3 is 0 Å². The zero-order valence-corrected chi connectivity index (χ0v) is 21.3. The lowest BCUT2D eigenvalue weighted by molar-refractivity contribution is 0.0560. The molecule has 0 atom stereocenters. The van der Waals surface area contributed by atoms with Gasteiger partial charge < -0.3 is 19.3 Å². The average Bonchev–Trinajstić information content (AvgIpc) is 3.38. The van der Waals surface area contributed by atoms with E-state index in [1.165, 1.54) is 0 Å². The Morgan fingerprint density at radius 1 is 1.06 bits per heavy atom. The molecule has 8 nitrogen and oxygen atoms in total. The minimum Gasteiger partial charge on any atom is -0.497 e.